The fraction of sp³-hybridized carbons (Fsp3) is 0.200. The lowest BCUT2D eigenvalue weighted by Crippen LogP contribution is -1.99. The van der Waals surface area contributed by atoms with E-state index in [1.54, 1.807) is 18.3 Å². The third-order valence-electron chi connectivity index (χ3n) is 4.74. The van der Waals surface area contributed by atoms with E-state index in [-0.39, 0.29) is 5.82 Å². The summed E-state index contributed by atoms with van der Waals surface area (Å²) >= 11 is 0. The Balaban J connectivity index is 1.77. The van der Waals surface area contributed by atoms with E-state index in [1.807, 2.05) is 22.9 Å². The number of hydrogen-bond donors (Lipinski definition) is 0. The first-order valence-corrected chi connectivity index (χ1v) is 8.68. The van der Waals surface area contributed by atoms with Crippen LogP contribution in [0.15, 0.2) is 55.2 Å². The molecule has 0 bridgehead atoms. The molecule has 6 heteroatoms. The zero-order valence-electron chi connectivity index (χ0n) is 14.0. The van der Waals surface area contributed by atoms with Crippen molar-refractivity contribution in [3.63, 3.8) is 0 Å². The van der Waals surface area contributed by atoms with Crippen molar-refractivity contribution in [3.8, 4) is 22.6 Å². The van der Waals surface area contributed by atoms with Gasteiger partial charge < -0.3 is 0 Å². The van der Waals surface area contributed by atoms with Crippen molar-refractivity contribution in [1.29, 1.82) is 0 Å². The number of fused-ring (bicyclic) bond motifs is 1. The molecule has 3 heterocycles. The molecule has 3 aromatic heterocycles. The third-order valence-corrected chi connectivity index (χ3v) is 4.74. The number of nitrogens with zero attached hydrogens (tertiary/aromatic N) is 5. The molecule has 5 rings (SSSR count). The number of aromatic nitrogens is 5. The number of halogens is 1. The minimum atomic E-state index is -0.266. The molecule has 0 N–H and O–H groups in total. The number of rotatable bonds is 4. The lowest BCUT2D eigenvalue weighted by Gasteiger charge is -2.05. The van der Waals surface area contributed by atoms with Gasteiger partial charge in [-0.25, -0.2) is 19.3 Å². The molecule has 0 spiro atoms. The molecule has 128 valence electrons. The van der Waals surface area contributed by atoms with Gasteiger partial charge in [0.05, 0.1) is 22.8 Å². The highest BCUT2D eigenvalue weighted by Gasteiger charge is 2.25. The molecule has 1 aromatic carbocycles. The fourth-order valence-electron chi connectivity index (χ4n) is 3.25. The Labute approximate surface area is 149 Å². The van der Waals surface area contributed by atoms with Gasteiger partial charge in [-0.1, -0.05) is 0 Å². The molecule has 0 radical (unpaired) electrons. The highest BCUT2D eigenvalue weighted by molar-refractivity contribution is 5.80. The van der Waals surface area contributed by atoms with Gasteiger partial charge in [0.15, 0.2) is 5.65 Å². The molecule has 1 aliphatic rings. The van der Waals surface area contributed by atoms with Crippen molar-refractivity contribution < 1.29 is 4.39 Å². The number of benzene rings is 1. The molecule has 26 heavy (non-hydrogen) atoms. The van der Waals surface area contributed by atoms with Crippen LogP contribution in [-0.4, -0.2) is 24.3 Å². The molecule has 5 nitrogen and oxygen atoms in total. The Hall–Kier alpha value is -3.15. The fourth-order valence-corrected chi connectivity index (χ4v) is 3.25. The van der Waals surface area contributed by atoms with Crippen molar-refractivity contribution >= 4 is 5.65 Å². The SMILES string of the molecule is Fc1ccc(-c2nc3c(CC4CC4)nccn3c2-c2ccncn2)cc1. The maximum absolute atomic E-state index is 13.4. The summed E-state index contributed by atoms with van der Waals surface area (Å²) in [4.78, 5) is 17.9. The van der Waals surface area contributed by atoms with Crippen LogP contribution in [0.3, 0.4) is 0 Å². The van der Waals surface area contributed by atoms with Crippen LogP contribution < -0.4 is 0 Å². The van der Waals surface area contributed by atoms with Crippen molar-refractivity contribution in [2.24, 2.45) is 5.92 Å². The van der Waals surface area contributed by atoms with Crippen LogP contribution in [0.25, 0.3) is 28.3 Å². The smallest absolute Gasteiger partial charge is 0.159 e. The molecule has 0 atom stereocenters. The van der Waals surface area contributed by atoms with E-state index < -0.39 is 0 Å². The van der Waals surface area contributed by atoms with Gasteiger partial charge in [-0.05, 0) is 55.5 Å². The molecule has 1 saturated carbocycles. The van der Waals surface area contributed by atoms with Crippen LogP contribution in [0.5, 0.6) is 0 Å². The van der Waals surface area contributed by atoms with Crippen LogP contribution >= 0.6 is 0 Å². The van der Waals surface area contributed by atoms with Crippen molar-refractivity contribution in [3.05, 3.63) is 66.8 Å². The van der Waals surface area contributed by atoms with E-state index in [4.69, 9.17) is 4.98 Å². The maximum Gasteiger partial charge on any atom is 0.159 e. The first-order valence-electron chi connectivity index (χ1n) is 8.68. The quantitative estimate of drug-likeness (QED) is 0.562. The van der Waals surface area contributed by atoms with Crippen LogP contribution in [0, 0.1) is 11.7 Å². The van der Waals surface area contributed by atoms with E-state index in [2.05, 4.69) is 15.0 Å². The lowest BCUT2D eigenvalue weighted by atomic mass is 10.1. The third kappa shape index (κ3) is 2.63. The monoisotopic (exact) mass is 345 g/mol. The summed E-state index contributed by atoms with van der Waals surface area (Å²) in [6.07, 6.45) is 10.4. The average molecular weight is 345 g/mol. The van der Waals surface area contributed by atoms with E-state index >= 15 is 0 Å². The minimum Gasteiger partial charge on any atom is -0.295 e. The van der Waals surface area contributed by atoms with Crippen molar-refractivity contribution in [2.75, 3.05) is 0 Å². The van der Waals surface area contributed by atoms with E-state index in [0.717, 1.165) is 40.4 Å². The Kier molecular flexibility index (Phi) is 3.48. The Morgan fingerprint density at radius 3 is 2.62 bits per heavy atom. The number of hydrogen-bond acceptors (Lipinski definition) is 4. The lowest BCUT2D eigenvalue weighted by molar-refractivity contribution is 0.628. The first kappa shape index (κ1) is 15.1. The Bertz CT molecular complexity index is 1070. The van der Waals surface area contributed by atoms with Gasteiger partial charge in [0, 0.05) is 24.2 Å². The molecule has 0 amide bonds. The largest absolute Gasteiger partial charge is 0.295 e. The van der Waals surface area contributed by atoms with Crippen LogP contribution in [0.4, 0.5) is 4.39 Å². The highest BCUT2D eigenvalue weighted by atomic mass is 19.1. The van der Waals surface area contributed by atoms with E-state index in [0.29, 0.717) is 5.92 Å². The Morgan fingerprint density at radius 2 is 1.88 bits per heavy atom. The average Bonchev–Trinajstić information content (AvgIpc) is 3.40. The number of imidazole rings is 1. The molecule has 1 aliphatic carbocycles. The summed E-state index contributed by atoms with van der Waals surface area (Å²) in [5, 5.41) is 0. The topological polar surface area (TPSA) is 56.0 Å². The standard InChI is InChI=1S/C20H16FN5/c21-15-5-3-14(4-6-15)18-19(16-7-8-22-12-24-16)26-10-9-23-17(20(26)25-18)11-13-1-2-13/h3-10,12-13H,1-2,11H2. The zero-order chi connectivity index (χ0) is 17.5. The summed E-state index contributed by atoms with van der Waals surface area (Å²) in [6, 6.07) is 8.25. The second kappa shape index (κ2) is 5.98. The van der Waals surface area contributed by atoms with Gasteiger partial charge in [-0.3, -0.25) is 9.38 Å². The second-order valence-electron chi connectivity index (χ2n) is 6.63. The van der Waals surface area contributed by atoms with Crippen LogP contribution in [0.1, 0.15) is 18.5 Å². The van der Waals surface area contributed by atoms with Gasteiger partial charge >= 0.3 is 0 Å². The van der Waals surface area contributed by atoms with Gasteiger partial charge in [-0.2, -0.15) is 0 Å². The predicted octanol–water partition coefficient (Wildman–Crippen LogP) is 3.94. The predicted molar refractivity (Wildman–Crippen MR) is 95.8 cm³/mol. The molecular weight excluding hydrogens is 329 g/mol. The maximum atomic E-state index is 13.4. The molecular formula is C20H16FN5. The summed E-state index contributed by atoms with van der Waals surface area (Å²) < 4.78 is 15.4. The van der Waals surface area contributed by atoms with Gasteiger partial charge in [0.25, 0.3) is 0 Å². The highest BCUT2D eigenvalue weighted by Crippen LogP contribution is 2.36. The molecule has 4 aromatic rings. The van der Waals surface area contributed by atoms with Crippen LogP contribution in [0.2, 0.25) is 0 Å². The molecule has 1 fully saturated rings. The Morgan fingerprint density at radius 1 is 1.04 bits per heavy atom. The normalized spacial score (nSPS) is 14.0. The summed E-state index contributed by atoms with van der Waals surface area (Å²) in [5.74, 6) is 0.444. The van der Waals surface area contributed by atoms with E-state index in [1.165, 1.54) is 31.3 Å². The van der Waals surface area contributed by atoms with Gasteiger partial charge in [0.1, 0.15) is 12.1 Å². The first-order chi connectivity index (χ1) is 12.8. The molecule has 0 unspecified atom stereocenters. The minimum absolute atomic E-state index is 0.266. The summed E-state index contributed by atoms with van der Waals surface area (Å²) in [5.41, 5.74) is 5.10. The van der Waals surface area contributed by atoms with Gasteiger partial charge in [-0.15, -0.1) is 0 Å². The second-order valence-corrected chi connectivity index (χ2v) is 6.63. The van der Waals surface area contributed by atoms with Crippen LogP contribution in [-0.2, 0) is 6.42 Å². The van der Waals surface area contributed by atoms with Crippen molar-refractivity contribution in [1.82, 2.24) is 24.3 Å². The van der Waals surface area contributed by atoms with Crippen molar-refractivity contribution in [2.45, 2.75) is 19.3 Å². The summed E-state index contributed by atoms with van der Waals surface area (Å²) in [7, 11) is 0. The van der Waals surface area contributed by atoms with E-state index in [9.17, 15) is 4.39 Å². The molecule has 0 saturated heterocycles. The van der Waals surface area contributed by atoms with Gasteiger partial charge in [0.2, 0.25) is 0 Å². The zero-order valence-corrected chi connectivity index (χ0v) is 14.0. The molecule has 0 aliphatic heterocycles. The summed E-state index contributed by atoms with van der Waals surface area (Å²) in [6.45, 7) is 0.